The topological polar surface area (TPSA) is 35.2 Å². The summed E-state index contributed by atoms with van der Waals surface area (Å²) in [6.07, 6.45) is 9.16. The van der Waals surface area contributed by atoms with E-state index in [1.807, 2.05) is 6.92 Å². The maximum absolute atomic E-state index is 13.4. The molecule has 3 heteroatoms. The van der Waals surface area contributed by atoms with Crippen molar-refractivity contribution in [2.24, 2.45) is 5.73 Å². The number of halogens is 1. The Morgan fingerprint density at radius 1 is 1.47 bits per heavy atom. The summed E-state index contributed by atoms with van der Waals surface area (Å²) < 4.78 is 19.3. The van der Waals surface area contributed by atoms with Gasteiger partial charge in [0.05, 0.1) is 0 Å². The van der Waals surface area contributed by atoms with Crippen molar-refractivity contribution in [3.8, 4) is 5.75 Å². The molecular formula is C16H22FNO. The Balaban J connectivity index is 2.13. The number of ether oxygens (including phenoxy) is 1. The molecule has 2 rings (SSSR count). The van der Waals surface area contributed by atoms with Crippen LogP contribution in [0.2, 0.25) is 0 Å². The van der Waals surface area contributed by atoms with Crippen LogP contribution in [0.25, 0.3) is 0 Å². The van der Waals surface area contributed by atoms with Crippen LogP contribution in [-0.4, -0.2) is 12.1 Å². The Labute approximate surface area is 114 Å². The molecular weight excluding hydrogens is 241 g/mol. The lowest BCUT2D eigenvalue weighted by Crippen LogP contribution is -2.23. The third kappa shape index (κ3) is 4.06. The number of benzene rings is 1. The van der Waals surface area contributed by atoms with Crippen molar-refractivity contribution in [2.75, 3.05) is 0 Å². The second-order valence-corrected chi connectivity index (χ2v) is 5.14. The molecule has 104 valence electrons. The van der Waals surface area contributed by atoms with Gasteiger partial charge in [0.25, 0.3) is 0 Å². The van der Waals surface area contributed by atoms with Crippen LogP contribution in [0, 0.1) is 5.82 Å². The van der Waals surface area contributed by atoms with Gasteiger partial charge in [-0.2, -0.15) is 0 Å². The van der Waals surface area contributed by atoms with Crippen LogP contribution in [-0.2, 0) is 6.42 Å². The van der Waals surface area contributed by atoms with E-state index in [0.717, 1.165) is 37.0 Å². The van der Waals surface area contributed by atoms with Gasteiger partial charge in [0.1, 0.15) is 17.7 Å². The average Bonchev–Trinajstić information content (AvgIpc) is 2.43. The van der Waals surface area contributed by atoms with Crippen LogP contribution in [0.15, 0.2) is 30.4 Å². The molecule has 0 amide bonds. The average molecular weight is 263 g/mol. The van der Waals surface area contributed by atoms with Crippen LogP contribution in [0.1, 0.15) is 38.2 Å². The molecule has 1 aliphatic rings. The minimum Gasteiger partial charge on any atom is -0.486 e. The fourth-order valence-electron chi connectivity index (χ4n) is 2.29. The maximum Gasteiger partial charge on any atom is 0.123 e. The first-order chi connectivity index (χ1) is 9.19. The number of nitrogens with two attached hydrogens (primary N) is 1. The molecule has 19 heavy (non-hydrogen) atoms. The summed E-state index contributed by atoms with van der Waals surface area (Å²) in [4.78, 5) is 0. The van der Waals surface area contributed by atoms with Crippen molar-refractivity contribution >= 4 is 0 Å². The van der Waals surface area contributed by atoms with Crippen molar-refractivity contribution in [1.29, 1.82) is 0 Å². The van der Waals surface area contributed by atoms with Crippen molar-refractivity contribution < 1.29 is 9.13 Å². The molecule has 0 heterocycles. The van der Waals surface area contributed by atoms with Gasteiger partial charge in [-0.05, 0) is 61.9 Å². The summed E-state index contributed by atoms with van der Waals surface area (Å²) in [5.41, 5.74) is 6.83. The normalized spacial score (nSPS) is 20.3. The zero-order valence-electron chi connectivity index (χ0n) is 11.4. The molecule has 2 unspecified atom stereocenters. The van der Waals surface area contributed by atoms with Gasteiger partial charge < -0.3 is 10.5 Å². The van der Waals surface area contributed by atoms with Crippen LogP contribution >= 0.6 is 0 Å². The predicted molar refractivity (Wildman–Crippen MR) is 75.8 cm³/mol. The minimum atomic E-state index is -0.232. The van der Waals surface area contributed by atoms with E-state index < -0.39 is 0 Å². The van der Waals surface area contributed by atoms with Gasteiger partial charge in [0.2, 0.25) is 0 Å². The molecule has 0 radical (unpaired) electrons. The SMILES string of the molecule is CCC(N)Cc1cc(F)ccc1OC1C=CCCC1. The maximum atomic E-state index is 13.4. The molecule has 2 atom stereocenters. The second kappa shape index (κ2) is 6.71. The quantitative estimate of drug-likeness (QED) is 0.824. The van der Waals surface area contributed by atoms with E-state index in [0.29, 0.717) is 6.42 Å². The molecule has 0 fully saturated rings. The highest BCUT2D eigenvalue weighted by Crippen LogP contribution is 2.25. The summed E-state index contributed by atoms with van der Waals surface area (Å²) in [5.74, 6) is 0.534. The molecule has 2 nitrogen and oxygen atoms in total. The summed E-state index contributed by atoms with van der Waals surface area (Å²) in [5, 5.41) is 0. The first-order valence-corrected chi connectivity index (χ1v) is 7.06. The van der Waals surface area contributed by atoms with Crippen molar-refractivity contribution in [3.63, 3.8) is 0 Å². The molecule has 1 aromatic carbocycles. The molecule has 0 bridgehead atoms. The number of hydrogen-bond donors (Lipinski definition) is 1. The fraction of sp³-hybridized carbons (Fsp3) is 0.500. The van der Waals surface area contributed by atoms with E-state index in [9.17, 15) is 4.39 Å². The molecule has 0 aromatic heterocycles. The monoisotopic (exact) mass is 263 g/mol. The Morgan fingerprint density at radius 3 is 3.00 bits per heavy atom. The summed E-state index contributed by atoms with van der Waals surface area (Å²) in [6, 6.07) is 4.75. The standard InChI is InChI=1S/C16H22FNO/c1-2-14(18)11-12-10-13(17)8-9-16(12)19-15-6-4-3-5-7-15/h4,6,8-10,14-15H,2-3,5,7,11,18H2,1H3. The van der Waals surface area contributed by atoms with Gasteiger partial charge in [-0.25, -0.2) is 4.39 Å². The van der Waals surface area contributed by atoms with Gasteiger partial charge in [0.15, 0.2) is 0 Å². The van der Waals surface area contributed by atoms with Crippen LogP contribution in [0.5, 0.6) is 5.75 Å². The summed E-state index contributed by atoms with van der Waals surface area (Å²) in [6.45, 7) is 2.04. The number of hydrogen-bond acceptors (Lipinski definition) is 2. The molecule has 0 saturated heterocycles. The van der Waals surface area contributed by atoms with Crippen molar-refractivity contribution in [2.45, 2.75) is 51.2 Å². The van der Waals surface area contributed by atoms with Gasteiger partial charge in [-0.15, -0.1) is 0 Å². The summed E-state index contributed by atoms with van der Waals surface area (Å²) in [7, 11) is 0. The molecule has 0 saturated carbocycles. The Bertz CT molecular complexity index is 444. The van der Waals surface area contributed by atoms with E-state index >= 15 is 0 Å². The third-order valence-corrected chi connectivity index (χ3v) is 3.52. The first kappa shape index (κ1) is 14.1. The second-order valence-electron chi connectivity index (χ2n) is 5.14. The van der Waals surface area contributed by atoms with E-state index in [-0.39, 0.29) is 18.0 Å². The van der Waals surface area contributed by atoms with Gasteiger partial charge in [0, 0.05) is 6.04 Å². The van der Waals surface area contributed by atoms with E-state index in [1.165, 1.54) is 12.1 Å². The molecule has 1 aliphatic carbocycles. The van der Waals surface area contributed by atoms with Crippen LogP contribution in [0.3, 0.4) is 0 Å². The van der Waals surface area contributed by atoms with Crippen LogP contribution in [0.4, 0.5) is 4.39 Å². The number of allylic oxidation sites excluding steroid dienone is 1. The van der Waals surface area contributed by atoms with Gasteiger partial charge >= 0.3 is 0 Å². The van der Waals surface area contributed by atoms with E-state index in [2.05, 4.69) is 12.2 Å². The lowest BCUT2D eigenvalue weighted by atomic mass is 10.0. The molecule has 0 aliphatic heterocycles. The summed E-state index contributed by atoms with van der Waals surface area (Å²) >= 11 is 0. The first-order valence-electron chi connectivity index (χ1n) is 7.06. The predicted octanol–water partition coefficient (Wildman–Crippen LogP) is 3.59. The lowest BCUT2D eigenvalue weighted by molar-refractivity contribution is 0.227. The molecule has 1 aromatic rings. The highest BCUT2D eigenvalue weighted by molar-refractivity contribution is 5.35. The zero-order valence-corrected chi connectivity index (χ0v) is 11.4. The molecule has 2 N–H and O–H groups in total. The Kier molecular flexibility index (Phi) is 4.97. The Hall–Kier alpha value is -1.35. The Morgan fingerprint density at radius 2 is 2.32 bits per heavy atom. The van der Waals surface area contributed by atoms with E-state index in [4.69, 9.17) is 10.5 Å². The largest absolute Gasteiger partial charge is 0.486 e. The highest BCUT2D eigenvalue weighted by Gasteiger charge is 2.14. The lowest BCUT2D eigenvalue weighted by Gasteiger charge is -2.21. The van der Waals surface area contributed by atoms with Gasteiger partial charge in [-0.3, -0.25) is 0 Å². The smallest absolute Gasteiger partial charge is 0.123 e. The van der Waals surface area contributed by atoms with Gasteiger partial charge in [-0.1, -0.05) is 13.0 Å². The van der Waals surface area contributed by atoms with E-state index in [1.54, 1.807) is 6.07 Å². The molecule has 0 spiro atoms. The number of rotatable bonds is 5. The zero-order chi connectivity index (χ0) is 13.7. The van der Waals surface area contributed by atoms with Crippen molar-refractivity contribution in [1.82, 2.24) is 0 Å². The minimum absolute atomic E-state index is 0.0473. The highest BCUT2D eigenvalue weighted by atomic mass is 19.1. The van der Waals surface area contributed by atoms with Crippen molar-refractivity contribution in [3.05, 3.63) is 41.7 Å². The van der Waals surface area contributed by atoms with Crippen LogP contribution < -0.4 is 10.5 Å². The fourth-order valence-corrected chi connectivity index (χ4v) is 2.29. The third-order valence-electron chi connectivity index (χ3n) is 3.52.